The Labute approximate surface area is 711 Å². The number of rotatable bonds is 17. The number of fused-ring (bicyclic) bond motifs is 8. The van der Waals surface area contributed by atoms with E-state index in [1.807, 2.05) is 75.9 Å². The van der Waals surface area contributed by atoms with Gasteiger partial charge in [0.05, 0.1) is 23.5 Å². The van der Waals surface area contributed by atoms with Crippen molar-refractivity contribution < 1.29 is 90.1 Å². The van der Waals surface area contributed by atoms with Crippen LogP contribution in [0.25, 0.3) is 0 Å². The molecule has 0 saturated carbocycles. The van der Waals surface area contributed by atoms with E-state index in [2.05, 4.69) is 36.1 Å². The second-order valence-electron chi connectivity index (χ2n) is 32.8. The first kappa shape index (κ1) is 93.1. The van der Waals surface area contributed by atoms with Gasteiger partial charge in [-0.05, 0) is 132 Å². The third kappa shape index (κ3) is 23.8. The van der Waals surface area contributed by atoms with Gasteiger partial charge in [0.15, 0.2) is 27.3 Å². The van der Waals surface area contributed by atoms with E-state index in [0.717, 1.165) is 54.9 Å². The number of cyclic esters (lactones) is 2. The van der Waals surface area contributed by atoms with Crippen LogP contribution in [0.1, 0.15) is 151 Å². The second kappa shape index (κ2) is 42.6. The molecular weight excluding hydrogens is 1600 g/mol. The van der Waals surface area contributed by atoms with E-state index >= 15 is 14.4 Å². The number of piperidine rings is 4. The Morgan fingerprint density at radius 1 is 0.785 bits per heavy atom. The molecule has 4 bridgehead atoms. The van der Waals surface area contributed by atoms with E-state index in [-0.39, 0.29) is 124 Å². The number of aromatic nitrogens is 2. The van der Waals surface area contributed by atoms with Gasteiger partial charge >= 0.3 is 11.9 Å². The molecule has 10 heterocycles. The fourth-order valence-corrected chi connectivity index (χ4v) is 20.3. The van der Waals surface area contributed by atoms with Crippen LogP contribution in [0.15, 0.2) is 120 Å². The number of thioether (sulfide) groups is 1. The van der Waals surface area contributed by atoms with Gasteiger partial charge < -0.3 is 79.7 Å². The minimum Gasteiger partial charge on any atom is -0.505 e. The SMILES string of the molecule is CCN(CC)CCS(=O)(=O)[C@@H]1CCN2C(=O)c3coc(n3)CC(=O)C[C@H](O)/C=C(C)\C=C/CNC(=O)/C=C\[C@@H](C)[C@@H](C(C)C)OC(=O)[C@@H]12.CC[C@H]1NC(=O)[C@@H](NC(=O)c2ncccc2O)C(C)OC(=O)[C@H](c2ccccc2)NC(=O)[C@@H]2CC(=O)C(CSC3CN4CCC3CC4)CN2C(=O)[C@H](Cc2ccc(N(C)C)cc2)N(C)C(=O)[C@@H]2CCCN2C1=O. The molecule has 7 saturated heterocycles. The van der Waals surface area contributed by atoms with Gasteiger partial charge in [-0.1, -0.05) is 114 Å². The predicted molar refractivity (Wildman–Crippen MR) is 452 cm³/mol. The van der Waals surface area contributed by atoms with Gasteiger partial charge in [-0.25, -0.2) is 28.0 Å². The monoisotopic (exact) mass is 1710 g/mol. The number of nitrogens with zero attached hydrogens (tertiary/aromatic N) is 9. The molecule has 2 aromatic carbocycles. The van der Waals surface area contributed by atoms with Crippen LogP contribution in [0.3, 0.4) is 0 Å². The molecule has 121 heavy (non-hydrogen) atoms. The summed E-state index contributed by atoms with van der Waals surface area (Å²) in [6.07, 6.45) is 9.09. The summed E-state index contributed by atoms with van der Waals surface area (Å²) in [6.45, 7) is 19.0. The van der Waals surface area contributed by atoms with Gasteiger partial charge in [0.2, 0.25) is 41.3 Å². The molecule has 0 spiro atoms. The van der Waals surface area contributed by atoms with E-state index < -0.39 is 152 Å². The zero-order chi connectivity index (χ0) is 87.7. The Morgan fingerprint density at radius 2 is 1.50 bits per heavy atom. The largest absolute Gasteiger partial charge is 0.505 e. The van der Waals surface area contributed by atoms with Crippen LogP contribution < -0.4 is 26.2 Å². The average molecular weight is 1710 g/mol. The van der Waals surface area contributed by atoms with Crippen LogP contribution in [0.4, 0.5) is 5.69 Å². The number of Topliss-reactive ketones (excluding diaryl/α,β-unsaturated/α-hetero) is 2. The van der Waals surface area contributed by atoms with Crippen molar-refractivity contribution in [1.82, 2.24) is 60.6 Å². The summed E-state index contributed by atoms with van der Waals surface area (Å²) in [4.78, 5) is 190. The standard InChI is InChI=1S/C53H67N9O10S.C34H50N4O9S/c1-6-37-50(68)61-23-11-14-38(61)51(69)59(5)40(26-32-16-18-36(19-17-32)58(3)4)52(70)62-28-35(30-73-43-29-60-24-20-33(43)21-25-60)42(64)27-39(62)47(65)57-45(34-12-8-7-9-13-34)53(71)72-31(2)44(48(66)55-37)56-49(67)46-41(63)15-10-22-54-46;1-7-37(8-2)16-17-48(44,45)28-13-15-38-31(28)34(43)47-32(22(3)4)24(6)11-12-29(41)35-14-9-10-23(5)18-25(39)19-26(40)20-30-36-27(21-46-30)33(38)42/h7-10,12-13,15-19,22,31,33,35,37-40,43-45,63H,6,11,14,20-21,23-30H2,1-5H3,(H,55,66)(H,56,67)(H,57,65);9-12,18,21-22,24-25,28,31-32,39H,7-8,13-17,19-20H2,1-6H3,(H,35,41)/b;10-9-,12-11-,23-18-/t31?,35?,37-,38+,39+,40+,43?,44+,45+;24-,25-,28-,31-,32-/m11/s1. The molecule has 0 radical (unpaired) electrons. The molecule has 4 aromatic rings. The molecule has 34 heteroatoms. The molecule has 0 aliphatic carbocycles. The minimum atomic E-state index is -3.87. The summed E-state index contributed by atoms with van der Waals surface area (Å²) in [5, 5.41) is 30.8. The van der Waals surface area contributed by atoms with Crippen molar-refractivity contribution in [3.8, 4) is 5.75 Å². The summed E-state index contributed by atoms with van der Waals surface area (Å²) in [5.74, 6) is -9.05. The minimum absolute atomic E-state index is 0.0243. The lowest BCUT2D eigenvalue weighted by Crippen LogP contribution is -2.63. The molecule has 12 rings (SSSR count). The Bertz CT molecular complexity index is 4590. The number of aliphatic hydroxyl groups is 1. The number of ether oxygens (including phenoxy) is 2. The molecular formula is C87H117N13O19S2. The molecule has 8 aliphatic heterocycles. The summed E-state index contributed by atoms with van der Waals surface area (Å²) in [7, 11) is 1.46. The number of benzene rings is 2. The highest BCUT2D eigenvalue weighted by molar-refractivity contribution is 8.00. The van der Waals surface area contributed by atoms with Crippen molar-refractivity contribution in [2.45, 2.75) is 191 Å². The van der Waals surface area contributed by atoms with Crippen molar-refractivity contribution in [3.63, 3.8) is 0 Å². The van der Waals surface area contributed by atoms with E-state index in [4.69, 9.17) is 13.9 Å². The number of hydrogen-bond acceptors (Lipinski definition) is 25. The first-order valence-corrected chi connectivity index (χ1v) is 44.7. The summed E-state index contributed by atoms with van der Waals surface area (Å²) in [5.41, 5.74) is 1.99. The van der Waals surface area contributed by atoms with Gasteiger partial charge in [0.25, 0.3) is 11.8 Å². The van der Waals surface area contributed by atoms with Crippen LogP contribution in [-0.2, 0) is 80.1 Å². The first-order valence-electron chi connectivity index (χ1n) is 41.9. The molecule has 8 aliphatic rings. The van der Waals surface area contributed by atoms with Crippen LogP contribution in [-0.4, -0.2) is 292 Å². The van der Waals surface area contributed by atoms with Crippen molar-refractivity contribution in [2.24, 2.45) is 23.7 Å². The van der Waals surface area contributed by atoms with Gasteiger partial charge in [0, 0.05) is 114 Å². The van der Waals surface area contributed by atoms with E-state index in [0.29, 0.717) is 42.0 Å². The number of hydrogen-bond donors (Lipinski definition) is 6. The normalized spacial score (nSPS) is 28.9. The first-order chi connectivity index (χ1) is 57.7. The van der Waals surface area contributed by atoms with E-state index in [9.17, 15) is 61.8 Å². The molecule has 14 atom stereocenters. The highest BCUT2D eigenvalue weighted by Crippen LogP contribution is 2.38. The highest BCUT2D eigenvalue weighted by atomic mass is 32.2. The van der Waals surface area contributed by atoms with Gasteiger partial charge in [-0.3, -0.25) is 47.9 Å². The van der Waals surface area contributed by atoms with Gasteiger partial charge in [0.1, 0.15) is 72.0 Å². The van der Waals surface area contributed by atoms with Crippen molar-refractivity contribution in [3.05, 3.63) is 144 Å². The smallest absolute Gasteiger partial charge is 0.333 e. The lowest BCUT2D eigenvalue weighted by molar-refractivity contribution is -0.158. The number of allylic oxidation sites excluding steroid dienone is 2. The Morgan fingerprint density at radius 3 is 2.17 bits per heavy atom. The third-order valence-electron chi connectivity index (χ3n) is 23.8. The fraction of sp³-hybridized carbons (Fsp3) is 0.563. The van der Waals surface area contributed by atoms with E-state index in [1.54, 1.807) is 81.1 Å². The topological polar surface area (TPSA) is 408 Å². The molecule has 32 nitrogen and oxygen atoms in total. The number of likely N-dealkylation sites (N-methyl/N-ethyl adjacent to an activating group) is 1. The number of esters is 2. The highest BCUT2D eigenvalue weighted by Gasteiger charge is 2.52. The van der Waals surface area contributed by atoms with E-state index in [1.165, 1.54) is 59.2 Å². The predicted octanol–water partition coefficient (Wildman–Crippen LogP) is 4.59. The number of ketones is 2. The van der Waals surface area contributed by atoms with Crippen molar-refractivity contribution in [1.29, 1.82) is 0 Å². The number of anilines is 1. The maximum Gasteiger partial charge on any atom is 0.333 e. The maximum atomic E-state index is 15.7. The number of sulfone groups is 1. The number of oxazole rings is 1. The fourth-order valence-electron chi connectivity index (χ4n) is 16.8. The van der Waals surface area contributed by atoms with Crippen LogP contribution in [0, 0.1) is 23.7 Å². The number of pyridine rings is 1. The quantitative estimate of drug-likeness (QED) is 0.0787. The zero-order valence-electron chi connectivity index (χ0n) is 70.9. The zero-order valence-corrected chi connectivity index (χ0v) is 72.5. The lowest BCUT2D eigenvalue weighted by atomic mass is 9.88. The molecule has 3 unspecified atom stereocenters. The Kier molecular flexibility index (Phi) is 32.8. The molecule has 8 amide bonds. The van der Waals surface area contributed by atoms with Crippen LogP contribution in [0.2, 0.25) is 0 Å². The van der Waals surface area contributed by atoms with Crippen molar-refractivity contribution >= 4 is 98.0 Å². The summed E-state index contributed by atoms with van der Waals surface area (Å²) >= 11 is 1.73. The number of carbonyl (C=O) groups excluding carboxylic acids is 12. The summed E-state index contributed by atoms with van der Waals surface area (Å²) < 4.78 is 44.9. The average Bonchev–Trinajstić information content (AvgIpc) is 1.69. The summed E-state index contributed by atoms with van der Waals surface area (Å²) in [6, 6.07) is 8.81. The molecule has 6 N–H and O–H groups in total. The molecule has 7 fully saturated rings. The second-order valence-corrected chi connectivity index (χ2v) is 36.4. The number of amides is 8. The van der Waals surface area contributed by atoms with Crippen molar-refractivity contribution in [2.75, 3.05) is 103 Å². The number of aromatic hydroxyl groups is 1. The van der Waals surface area contributed by atoms with Crippen LogP contribution >= 0.6 is 11.8 Å². The number of aliphatic hydroxyl groups excluding tert-OH is 1. The third-order valence-corrected chi connectivity index (χ3v) is 27.5. The lowest BCUT2D eigenvalue weighted by Gasteiger charge is -2.45. The number of carbonyl (C=O) groups is 12. The van der Waals surface area contributed by atoms with Crippen LogP contribution in [0.5, 0.6) is 5.75 Å². The van der Waals surface area contributed by atoms with Gasteiger partial charge in [-0.2, -0.15) is 11.8 Å². The molecule has 656 valence electrons. The molecule has 2 aromatic heterocycles. The maximum absolute atomic E-state index is 15.7. The Balaban J connectivity index is 0.000000278. The van der Waals surface area contributed by atoms with Gasteiger partial charge in [-0.15, -0.1) is 0 Å². The number of nitrogens with one attached hydrogen (secondary N) is 4. The Hall–Kier alpha value is -10.2.